The Bertz CT molecular complexity index is 454. The Kier molecular flexibility index (Phi) is 3.41. The van der Waals surface area contributed by atoms with E-state index in [-0.39, 0.29) is 0 Å². The summed E-state index contributed by atoms with van der Waals surface area (Å²) in [6.45, 7) is 2.76. The van der Waals surface area contributed by atoms with Gasteiger partial charge in [-0.15, -0.1) is 11.3 Å². The third kappa shape index (κ3) is 2.33. The molecule has 2 rings (SSSR count). The second kappa shape index (κ2) is 4.99. The van der Waals surface area contributed by atoms with Crippen molar-refractivity contribution in [2.75, 3.05) is 12.3 Å². The molecule has 3 nitrogen and oxygen atoms in total. The molecule has 0 aliphatic heterocycles. The number of nitrogen functional groups attached to an aromatic ring is 1. The summed E-state index contributed by atoms with van der Waals surface area (Å²) in [6, 6.07) is 5.80. The zero-order valence-electron chi connectivity index (χ0n) is 9.14. The normalized spacial score (nSPS) is 10.3. The van der Waals surface area contributed by atoms with E-state index in [1.807, 2.05) is 23.6 Å². The van der Waals surface area contributed by atoms with E-state index in [1.165, 1.54) is 0 Å². The Labute approximate surface area is 98.9 Å². The minimum atomic E-state index is 0.668. The van der Waals surface area contributed by atoms with Crippen molar-refractivity contribution in [2.45, 2.75) is 13.3 Å². The number of ether oxygens (including phenoxy) is 1. The van der Waals surface area contributed by atoms with E-state index in [4.69, 9.17) is 10.5 Å². The van der Waals surface area contributed by atoms with Crippen LogP contribution in [0, 0.1) is 0 Å². The van der Waals surface area contributed by atoms with Gasteiger partial charge < -0.3 is 10.5 Å². The molecule has 1 aromatic carbocycles. The lowest BCUT2D eigenvalue weighted by molar-refractivity contribution is 0.319. The number of nitrogens with two attached hydrogens (primary N) is 1. The molecule has 0 amide bonds. The molecule has 0 saturated heterocycles. The molecule has 0 spiro atoms. The summed E-state index contributed by atoms with van der Waals surface area (Å²) in [4.78, 5) is 4.24. The fourth-order valence-corrected chi connectivity index (χ4v) is 2.03. The van der Waals surface area contributed by atoms with Crippen molar-refractivity contribution in [3.05, 3.63) is 29.8 Å². The van der Waals surface area contributed by atoms with Gasteiger partial charge in [-0.25, -0.2) is 4.98 Å². The lowest BCUT2D eigenvalue weighted by Gasteiger charge is -2.08. The lowest BCUT2D eigenvalue weighted by atomic mass is 10.2. The third-order valence-corrected chi connectivity index (χ3v) is 2.97. The van der Waals surface area contributed by atoms with Gasteiger partial charge in [0.2, 0.25) is 0 Å². The van der Waals surface area contributed by atoms with Crippen molar-refractivity contribution in [1.82, 2.24) is 4.98 Å². The molecule has 0 saturated carbocycles. The van der Waals surface area contributed by atoms with E-state index in [0.29, 0.717) is 12.3 Å². The fourth-order valence-electron chi connectivity index (χ4n) is 1.39. The molecule has 0 aliphatic carbocycles. The van der Waals surface area contributed by atoms with Crippen LogP contribution < -0.4 is 10.5 Å². The van der Waals surface area contributed by atoms with E-state index < -0.39 is 0 Å². The summed E-state index contributed by atoms with van der Waals surface area (Å²) in [5.41, 5.74) is 7.63. The van der Waals surface area contributed by atoms with Gasteiger partial charge in [0.1, 0.15) is 10.8 Å². The second-order valence-corrected chi connectivity index (χ2v) is 4.33. The maximum absolute atomic E-state index is 5.92. The molecule has 1 aromatic heterocycles. The minimum Gasteiger partial charge on any atom is -0.491 e. The van der Waals surface area contributed by atoms with E-state index >= 15 is 0 Å². The molecule has 16 heavy (non-hydrogen) atoms. The number of anilines is 1. The first-order valence-corrected chi connectivity index (χ1v) is 6.11. The Morgan fingerprint density at radius 3 is 2.94 bits per heavy atom. The number of thiazole rings is 1. The van der Waals surface area contributed by atoms with Crippen LogP contribution in [0.2, 0.25) is 0 Å². The number of rotatable bonds is 4. The maximum Gasteiger partial charge on any atom is 0.142 e. The number of benzene rings is 1. The zero-order valence-corrected chi connectivity index (χ0v) is 9.96. The molecular weight excluding hydrogens is 220 g/mol. The Balaban J connectivity index is 2.23. The molecule has 1 heterocycles. The van der Waals surface area contributed by atoms with Gasteiger partial charge in [0.15, 0.2) is 0 Å². The summed E-state index contributed by atoms with van der Waals surface area (Å²) in [5, 5.41) is 2.93. The number of hydrogen-bond donors (Lipinski definition) is 1. The quantitative estimate of drug-likeness (QED) is 0.826. The number of hydrogen-bond acceptors (Lipinski definition) is 4. The largest absolute Gasteiger partial charge is 0.491 e. The number of nitrogens with zero attached hydrogens (tertiary/aromatic N) is 1. The van der Waals surface area contributed by atoms with Gasteiger partial charge in [-0.2, -0.15) is 0 Å². The van der Waals surface area contributed by atoms with E-state index in [9.17, 15) is 0 Å². The summed E-state index contributed by atoms with van der Waals surface area (Å²) >= 11 is 1.60. The van der Waals surface area contributed by atoms with Crippen molar-refractivity contribution in [3.8, 4) is 16.3 Å². The summed E-state index contributed by atoms with van der Waals surface area (Å²) in [6.07, 6.45) is 2.77. The van der Waals surface area contributed by atoms with Crippen molar-refractivity contribution in [1.29, 1.82) is 0 Å². The van der Waals surface area contributed by atoms with E-state index in [1.54, 1.807) is 17.5 Å². The molecule has 0 radical (unpaired) electrons. The Morgan fingerprint density at radius 1 is 1.44 bits per heavy atom. The van der Waals surface area contributed by atoms with Crippen LogP contribution in [0.25, 0.3) is 10.6 Å². The predicted molar refractivity (Wildman–Crippen MR) is 67.7 cm³/mol. The Hall–Kier alpha value is -1.55. The van der Waals surface area contributed by atoms with Gasteiger partial charge in [-0.3, -0.25) is 0 Å². The standard InChI is InChI=1S/C12H14N2OS/c1-2-6-15-11-4-3-9(8-10(11)13)12-14-5-7-16-12/h3-5,7-8H,2,6,13H2,1H3. The molecule has 4 heteroatoms. The summed E-state index contributed by atoms with van der Waals surface area (Å²) in [5.74, 6) is 0.752. The topological polar surface area (TPSA) is 48.1 Å². The van der Waals surface area contributed by atoms with Gasteiger partial charge >= 0.3 is 0 Å². The van der Waals surface area contributed by atoms with Crippen LogP contribution in [0.1, 0.15) is 13.3 Å². The van der Waals surface area contributed by atoms with Crippen LogP contribution in [0.15, 0.2) is 29.8 Å². The highest BCUT2D eigenvalue weighted by Gasteiger charge is 2.05. The highest BCUT2D eigenvalue weighted by Crippen LogP contribution is 2.29. The summed E-state index contributed by atoms with van der Waals surface area (Å²) in [7, 11) is 0. The first-order valence-electron chi connectivity index (χ1n) is 5.23. The average molecular weight is 234 g/mol. The van der Waals surface area contributed by atoms with Crippen LogP contribution in [-0.2, 0) is 0 Å². The average Bonchev–Trinajstić information content (AvgIpc) is 2.81. The molecule has 0 atom stereocenters. The molecule has 0 bridgehead atoms. The first-order chi connectivity index (χ1) is 7.81. The molecule has 0 aliphatic rings. The molecule has 0 unspecified atom stereocenters. The van der Waals surface area contributed by atoms with Gasteiger partial charge in [-0.05, 0) is 24.6 Å². The second-order valence-electron chi connectivity index (χ2n) is 3.44. The Morgan fingerprint density at radius 2 is 2.31 bits per heavy atom. The van der Waals surface area contributed by atoms with Crippen LogP contribution in [0.4, 0.5) is 5.69 Å². The zero-order chi connectivity index (χ0) is 11.4. The van der Waals surface area contributed by atoms with Gasteiger partial charge in [0, 0.05) is 17.1 Å². The van der Waals surface area contributed by atoms with Gasteiger partial charge in [0.05, 0.1) is 12.3 Å². The van der Waals surface area contributed by atoms with Crippen molar-refractivity contribution >= 4 is 17.0 Å². The van der Waals surface area contributed by atoms with Crippen LogP contribution in [-0.4, -0.2) is 11.6 Å². The highest BCUT2D eigenvalue weighted by molar-refractivity contribution is 7.13. The van der Waals surface area contributed by atoms with E-state index in [2.05, 4.69) is 11.9 Å². The minimum absolute atomic E-state index is 0.668. The smallest absolute Gasteiger partial charge is 0.142 e. The lowest BCUT2D eigenvalue weighted by Crippen LogP contribution is -1.98. The molecular formula is C12H14N2OS. The van der Waals surface area contributed by atoms with Crippen molar-refractivity contribution in [2.24, 2.45) is 0 Å². The highest BCUT2D eigenvalue weighted by atomic mass is 32.1. The molecule has 2 N–H and O–H groups in total. The SMILES string of the molecule is CCCOc1ccc(-c2nccs2)cc1N. The van der Waals surface area contributed by atoms with Gasteiger partial charge in [0.25, 0.3) is 0 Å². The molecule has 0 fully saturated rings. The number of aromatic nitrogens is 1. The fraction of sp³-hybridized carbons (Fsp3) is 0.250. The first kappa shape index (κ1) is 11.0. The van der Waals surface area contributed by atoms with Crippen LogP contribution in [0.5, 0.6) is 5.75 Å². The predicted octanol–water partition coefficient (Wildman–Crippen LogP) is 3.18. The summed E-state index contributed by atoms with van der Waals surface area (Å²) < 4.78 is 5.52. The molecule has 2 aromatic rings. The van der Waals surface area contributed by atoms with Crippen LogP contribution >= 0.6 is 11.3 Å². The third-order valence-electron chi connectivity index (χ3n) is 2.15. The monoisotopic (exact) mass is 234 g/mol. The van der Waals surface area contributed by atoms with Crippen LogP contribution in [0.3, 0.4) is 0 Å². The van der Waals surface area contributed by atoms with Gasteiger partial charge in [-0.1, -0.05) is 6.92 Å². The van der Waals surface area contributed by atoms with Crippen molar-refractivity contribution < 1.29 is 4.74 Å². The maximum atomic E-state index is 5.92. The molecule has 84 valence electrons. The van der Waals surface area contributed by atoms with Crippen molar-refractivity contribution in [3.63, 3.8) is 0 Å². The van der Waals surface area contributed by atoms with E-state index in [0.717, 1.165) is 22.7 Å².